The summed E-state index contributed by atoms with van der Waals surface area (Å²) in [4.78, 5) is 2.70. The largest absolute Gasteiger partial charge is 0.0893 e. The highest BCUT2D eigenvalue weighted by Crippen LogP contribution is 2.39. The summed E-state index contributed by atoms with van der Waals surface area (Å²) in [5.41, 5.74) is 5.42. The van der Waals surface area contributed by atoms with E-state index in [0.717, 1.165) is 6.42 Å². The first kappa shape index (κ1) is 16.9. The Balaban J connectivity index is 1.86. The summed E-state index contributed by atoms with van der Waals surface area (Å²) >= 11 is 1.88. The number of benzene rings is 2. The molecule has 2 aromatic rings. The molecule has 24 heavy (non-hydrogen) atoms. The van der Waals surface area contributed by atoms with E-state index < -0.39 is 0 Å². The smallest absolute Gasteiger partial charge is 0.0181 e. The van der Waals surface area contributed by atoms with Crippen molar-refractivity contribution in [3.63, 3.8) is 0 Å². The Bertz CT molecular complexity index is 790. The van der Waals surface area contributed by atoms with Crippen LogP contribution >= 0.6 is 11.8 Å². The van der Waals surface area contributed by atoms with Crippen LogP contribution in [0.25, 0.3) is 4.91 Å². The fourth-order valence-corrected chi connectivity index (χ4v) is 4.03. The molecule has 0 aliphatic heterocycles. The molecule has 1 aliphatic carbocycles. The second-order valence-corrected chi connectivity index (χ2v) is 7.53. The Hall–Kier alpha value is -1.99. The molecule has 0 fully saturated rings. The molecule has 0 spiro atoms. The highest BCUT2D eigenvalue weighted by Gasteiger charge is 2.12. The minimum Gasteiger partial charge on any atom is -0.0893 e. The van der Waals surface area contributed by atoms with Crippen LogP contribution in [0.3, 0.4) is 0 Å². The van der Waals surface area contributed by atoms with Crippen LogP contribution in [0.4, 0.5) is 0 Å². The maximum absolute atomic E-state index is 2.35. The van der Waals surface area contributed by atoms with Crippen molar-refractivity contribution in [1.29, 1.82) is 0 Å². The van der Waals surface area contributed by atoms with E-state index in [4.69, 9.17) is 0 Å². The van der Waals surface area contributed by atoms with Crippen molar-refractivity contribution >= 4 is 16.7 Å². The molecule has 1 heteroatoms. The highest BCUT2D eigenvalue weighted by molar-refractivity contribution is 8.08. The van der Waals surface area contributed by atoms with Gasteiger partial charge in [0.15, 0.2) is 0 Å². The third kappa shape index (κ3) is 3.91. The molecule has 1 unspecified atom stereocenters. The van der Waals surface area contributed by atoms with Gasteiger partial charge in [-0.05, 0) is 49.9 Å². The van der Waals surface area contributed by atoms with Crippen molar-refractivity contribution in [1.82, 2.24) is 0 Å². The van der Waals surface area contributed by atoms with Crippen LogP contribution in [0.1, 0.15) is 42.9 Å². The van der Waals surface area contributed by atoms with E-state index in [1.807, 2.05) is 11.8 Å². The molecule has 3 rings (SSSR count). The van der Waals surface area contributed by atoms with Crippen molar-refractivity contribution in [2.75, 3.05) is 0 Å². The normalized spacial score (nSPS) is 16.2. The molecule has 0 nitrogen and oxygen atoms in total. The van der Waals surface area contributed by atoms with Gasteiger partial charge in [-0.15, -0.1) is 0 Å². The van der Waals surface area contributed by atoms with E-state index in [9.17, 15) is 0 Å². The molecule has 0 saturated carbocycles. The van der Waals surface area contributed by atoms with E-state index in [2.05, 4.69) is 93.6 Å². The zero-order chi connectivity index (χ0) is 16.9. The molecule has 0 aromatic heterocycles. The summed E-state index contributed by atoms with van der Waals surface area (Å²) in [5.74, 6) is 0.518. The van der Waals surface area contributed by atoms with Crippen molar-refractivity contribution < 1.29 is 0 Å². The Morgan fingerprint density at radius 2 is 1.79 bits per heavy atom. The molecule has 2 aromatic carbocycles. The molecule has 1 atom stereocenters. The Morgan fingerprint density at radius 1 is 1.00 bits per heavy atom. The third-order valence-electron chi connectivity index (χ3n) is 4.31. The number of hydrogen-bond acceptors (Lipinski definition) is 1. The number of allylic oxidation sites excluding steroid dienone is 5. The van der Waals surface area contributed by atoms with Gasteiger partial charge < -0.3 is 0 Å². The molecule has 0 heterocycles. The minimum absolute atomic E-state index is 0.518. The summed E-state index contributed by atoms with van der Waals surface area (Å²) in [6.45, 7) is 6.61. The zero-order valence-electron chi connectivity index (χ0n) is 14.6. The third-order valence-corrected chi connectivity index (χ3v) is 5.84. The number of thioether (sulfide) groups is 1. The number of hydrogen-bond donors (Lipinski definition) is 0. The average Bonchev–Trinajstić information content (AvgIpc) is 2.62. The fraction of sp³-hybridized carbons (Fsp3) is 0.217. The van der Waals surface area contributed by atoms with Crippen LogP contribution in [0.2, 0.25) is 0 Å². The van der Waals surface area contributed by atoms with Crippen LogP contribution in [0, 0.1) is 6.92 Å². The van der Waals surface area contributed by atoms with Crippen LogP contribution < -0.4 is 0 Å². The Morgan fingerprint density at radius 3 is 2.42 bits per heavy atom. The standard InChI is InChI=1S/C23H24S/c1-17(2)23(20-12-8-5-9-13-20)24-22-15-14-21(16-18(22)3)19-10-6-4-7-11-19/h4-10,12-16,19H,11H2,1-3H3. The molecule has 1 aliphatic rings. The van der Waals surface area contributed by atoms with Gasteiger partial charge in [-0.2, -0.15) is 0 Å². The van der Waals surface area contributed by atoms with Crippen molar-refractivity contribution in [3.05, 3.63) is 95.1 Å². The first-order valence-electron chi connectivity index (χ1n) is 8.50. The van der Waals surface area contributed by atoms with Crippen LogP contribution in [-0.4, -0.2) is 0 Å². The number of aryl methyl sites for hydroxylation is 1. The van der Waals surface area contributed by atoms with Gasteiger partial charge in [-0.1, -0.05) is 84.1 Å². The molecule has 0 saturated heterocycles. The highest BCUT2D eigenvalue weighted by atomic mass is 32.2. The van der Waals surface area contributed by atoms with E-state index in [-0.39, 0.29) is 0 Å². The van der Waals surface area contributed by atoms with Crippen molar-refractivity contribution in [2.24, 2.45) is 0 Å². The van der Waals surface area contributed by atoms with Gasteiger partial charge in [-0.25, -0.2) is 0 Å². The number of rotatable bonds is 4. The molecular weight excluding hydrogens is 308 g/mol. The van der Waals surface area contributed by atoms with Gasteiger partial charge in [0.05, 0.1) is 0 Å². The summed E-state index contributed by atoms with van der Waals surface area (Å²) in [6.07, 6.45) is 9.94. The summed E-state index contributed by atoms with van der Waals surface area (Å²) in [5, 5.41) is 0. The molecule has 122 valence electrons. The lowest BCUT2D eigenvalue weighted by Crippen LogP contribution is -1.97. The molecular formula is C23H24S. The average molecular weight is 333 g/mol. The molecule has 0 N–H and O–H groups in total. The maximum atomic E-state index is 2.35. The fourth-order valence-electron chi connectivity index (χ4n) is 2.99. The summed E-state index contributed by atoms with van der Waals surface area (Å²) in [6, 6.07) is 17.6. The second kappa shape index (κ2) is 7.72. The second-order valence-electron chi connectivity index (χ2n) is 6.48. The lowest BCUT2D eigenvalue weighted by atomic mass is 9.92. The van der Waals surface area contributed by atoms with Gasteiger partial charge in [0.2, 0.25) is 0 Å². The van der Waals surface area contributed by atoms with Crippen molar-refractivity contribution in [3.8, 4) is 0 Å². The quantitative estimate of drug-likeness (QED) is 0.536. The van der Waals surface area contributed by atoms with Gasteiger partial charge in [0, 0.05) is 15.7 Å². The van der Waals surface area contributed by atoms with E-state index in [1.165, 1.54) is 32.1 Å². The van der Waals surface area contributed by atoms with Gasteiger partial charge in [0.1, 0.15) is 0 Å². The minimum atomic E-state index is 0.518. The predicted octanol–water partition coefficient (Wildman–Crippen LogP) is 7.14. The van der Waals surface area contributed by atoms with E-state index in [1.54, 1.807) is 0 Å². The molecule has 0 radical (unpaired) electrons. The maximum Gasteiger partial charge on any atom is 0.0181 e. The first-order chi connectivity index (χ1) is 11.6. The summed E-state index contributed by atoms with van der Waals surface area (Å²) < 4.78 is 0. The van der Waals surface area contributed by atoms with E-state index >= 15 is 0 Å². The van der Waals surface area contributed by atoms with Gasteiger partial charge in [0.25, 0.3) is 0 Å². The predicted molar refractivity (Wildman–Crippen MR) is 107 cm³/mol. The van der Waals surface area contributed by atoms with Crippen LogP contribution in [-0.2, 0) is 0 Å². The first-order valence-corrected chi connectivity index (χ1v) is 9.31. The monoisotopic (exact) mass is 332 g/mol. The topological polar surface area (TPSA) is 0 Å². The van der Waals surface area contributed by atoms with Gasteiger partial charge in [-0.3, -0.25) is 0 Å². The SMILES string of the molecule is CC(C)=C(Sc1ccc(C2C=CC=CC2)cc1C)c1ccccc1. The summed E-state index contributed by atoms with van der Waals surface area (Å²) in [7, 11) is 0. The van der Waals surface area contributed by atoms with Gasteiger partial charge >= 0.3 is 0 Å². The Kier molecular flexibility index (Phi) is 5.42. The lowest BCUT2D eigenvalue weighted by molar-refractivity contribution is 0.850. The lowest BCUT2D eigenvalue weighted by Gasteiger charge is -2.17. The van der Waals surface area contributed by atoms with E-state index in [0.29, 0.717) is 5.92 Å². The molecule has 0 amide bonds. The molecule has 0 bridgehead atoms. The van der Waals surface area contributed by atoms with Crippen LogP contribution in [0.15, 0.2) is 83.3 Å². The van der Waals surface area contributed by atoms with Crippen LogP contribution in [0.5, 0.6) is 0 Å². The Labute approximate surface area is 150 Å². The zero-order valence-corrected chi connectivity index (χ0v) is 15.4. The van der Waals surface area contributed by atoms with Crippen molar-refractivity contribution in [2.45, 2.75) is 38.0 Å².